The van der Waals surface area contributed by atoms with Crippen LogP contribution >= 0.6 is 0 Å². The number of rotatable bonds is 3. The molecule has 1 fully saturated rings. The van der Waals surface area contributed by atoms with E-state index in [0.29, 0.717) is 36.2 Å². The molecule has 2 aliphatic heterocycles. The van der Waals surface area contributed by atoms with Gasteiger partial charge in [-0.1, -0.05) is 18.2 Å². The number of hydrogen-bond donors (Lipinski definition) is 1. The minimum atomic E-state index is -0.954. The first-order chi connectivity index (χ1) is 14.0. The molecule has 2 unspecified atom stereocenters. The van der Waals surface area contributed by atoms with Crippen LogP contribution in [0.1, 0.15) is 34.7 Å². The molecule has 2 heterocycles. The van der Waals surface area contributed by atoms with Crippen LogP contribution in [0.25, 0.3) is 0 Å². The summed E-state index contributed by atoms with van der Waals surface area (Å²) in [7, 11) is 0. The Morgan fingerprint density at radius 2 is 1.72 bits per heavy atom. The number of fused-ring (bicyclic) bond motifs is 1. The average molecular weight is 396 g/mol. The fraction of sp³-hybridized carbons (Fsp3) is 0.318. The third kappa shape index (κ3) is 3.60. The van der Waals surface area contributed by atoms with Gasteiger partial charge in [-0.2, -0.15) is 0 Å². The molecular formula is C22H21FN2O4. The molecule has 7 heteroatoms. The molecule has 0 aliphatic carbocycles. The number of para-hydroxylation sites is 1. The number of carbonyl (C=O) groups excluding carboxylic acids is 2. The van der Waals surface area contributed by atoms with E-state index in [1.54, 1.807) is 34.1 Å². The van der Waals surface area contributed by atoms with Crippen molar-refractivity contribution >= 4 is 23.5 Å². The molecule has 2 aromatic carbocycles. The van der Waals surface area contributed by atoms with Crippen LogP contribution in [-0.2, 0) is 9.59 Å². The van der Waals surface area contributed by atoms with Crippen molar-refractivity contribution in [1.82, 2.24) is 4.90 Å². The van der Waals surface area contributed by atoms with Crippen molar-refractivity contribution < 1.29 is 23.9 Å². The van der Waals surface area contributed by atoms with Gasteiger partial charge in [0.2, 0.25) is 5.91 Å². The Morgan fingerprint density at radius 1 is 1.00 bits per heavy atom. The Balaban J connectivity index is 1.51. The Hall–Kier alpha value is -3.22. The lowest BCUT2D eigenvalue weighted by molar-refractivity contribution is -0.138. The van der Waals surface area contributed by atoms with E-state index < -0.39 is 23.6 Å². The molecule has 2 aromatic rings. The molecule has 6 nitrogen and oxygen atoms in total. The molecule has 1 saturated heterocycles. The molecule has 29 heavy (non-hydrogen) atoms. The third-order valence-corrected chi connectivity index (χ3v) is 5.68. The summed E-state index contributed by atoms with van der Waals surface area (Å²) in [6.45, 7) is 0.912. The van der Waals surface area contributed by atoms with Gasteiger partial charge in [0.1, 0.15) is 11.7 Å². The second-order valence-electron chi connectivity index (χ2n) is 7.50. The van der Waals surface area contributed by atoms with Crippen molar-refractivity contribution in [2.45, 2.75) is 18.8 Å². The molecule has 0 aromatic heterocycles. The number of piperidine rings is 1. The van der Waals surface area contributed by atoms with Crippen molar-refractivity contribution in [3.63, 3.8) is 0 Å². The zero-order valence-corrected chi connectivity index (χ0v) is 15.8. The number of carboxylic acids is 1. The van der Waals surface area contributed by atoms with Gasteiger partial charge in [-0.3, -0.25) is 14.4 Å². The minimum Gasteiger partial charge on any atom is -0.481 e. The average Bonchev–Trinajstić information content (AvgIpc) is 3.13. The number of anilines is 1. The predicted octanol–water partition coefficient (Wildman–Crippen LogP) is 2.89. The largest absolute Gasteiger partial charge is 0.481 e. The molecular weight excluding hydrogens is 375 g/mol. The summed E-state index contributed by atoms with van der Waals surface area (Å²) >= 11 is 0. The smallest absolute Gasteiger partial charge is 0.312 e. The van der Waals surface area contributed by atoms with Crippen molar-refractivity contribution in [1.29, 1.82) is 0 Å². The Labute approximate surface area is 167 Å². The van der Waals surface area contributed by atoms with E-state index in [1.807, 2.05) is 0 Å². The summed E-state index contributed by atoms with van der Waals surface area (Å²) in [6.07, 6.45) is 1.32. The van der Waals surface area contributed by atoms with E-state index in [9.17, 15) is 23.9 Å². The molecule has 2 amide bonds. The number of likely N-dealkylation sites (tertiary alicyclic amines) is 1. The van der Waals surface area contributed by atoms with Gasteiger partial charge >= 0.3 is 5.97 Å². The quantitative estimate of drug-likeness (QED) is 0.865. The van der Waals surface area contributed by atoms with Crippen LogP contribution in [0.3, 0.4) is 0 Å². The number of halogens is 1. The lowest BCUT2D eigenvalue weighted by Gasteiger charge is -2.34. The summed E-state index contributed by atoms with van der Waals surface area (Å²) in [6, 6.07) is 12.4. The van der Waals surface area contributed by atoms with E-state index in [0.717, 1.165) is 0 Å². The summed E-state index contributed by atoms with van der Waals surface area (Å²) in [4.78, 5) is 40.7. The maximum atomic E-state index is 13.2. The van der Waals surface area contributed by atoms with E-state index in [2.05, 4.69) is 0 Å². The second kappa shape index (κ2) is 7.66. The molecule has 2 atom stereocenters. The standard InChI is InChI=1S/C22H21FN2O4/c23-16-9-7-14(8-10-16)20(26)24-11-3-4-15(12-24)21(27)25-13-18(22(28)29)17-5-1-2-6-19(17)25/h1-2,5-10,15,18H,3-4,11-13H2,(H,28,29). The van der Waals surface area contributed by atoms with Crippen molar-refractivity contribution in [2.24, 2.45) is 5.92 Å². The number of carboxylic acid groups (broad SMARTS) is 1. The Kier molecular flexibility index (Phi) is 5.05. The summed E-state index contributed by atoms with van der Waals surface area (Å²) in [5.74, 6) is -2.88. The fourth-order valence-electron chi connectivity index (χ4n) is 4.19. The van der Waals surface area contributed by atoms with Gasteiger partial charge in [0.15, 0.2) is 0 Å². The normalized spacial score (nSPS) is 21.0. The number of benzene rings is 2. The van der Waals surface area contributed by atoms with E-state index >= 15 is 0 Å². The Morgan fingerprint density at radius 3 is 2.45 bits per heavy atom. The molecule has 150 valence electrons. The molecule has 4 rings (SSSR count). The summed E-state index contributed by atoms with van der Waals surface area (Å²) in [5.41, 5.74) is 1.66. The summed E-state index contributed by atoms with van der Waals surface area (Å²) in [5, 5.41) is 9.51. The van der Waals surface area contributed by atoms with E-state index in [4.69, 9.17) is 0 Å². The first kappa shape index (κ1) is 19.1. The van der Waals surface area contributed by atoms with E-state index in [1.165, 1.54) is 24.3 Å². The maximum absolute atomic E-state index is 13.2. The highest BCUT2D eigenvalue weighted by Gasteiger charge is 2.40. The van der Waals surface area contributed by atoms with Crippen LogP contribution in [0.15, 0.2) is 48.5 Å². The summed E-state index contributed by atoms with van der Waals surface area (Å²) < 4.78 is 13.1. The van der Waals surface area contributed by atoms with Crippen LogP contribution in [0.5, 0.6) is 0 Å². The third-order valence-electron chi connectivity index (χ3n) is 5.68. The van der Waals surface area contributed by atoms with E-state index in [-0.39, 0.29) is 24.9 Å². The SMILES string of the molecule is O=C(O)C1CN(C(=O)C2CCCN(C(=O)c3ccc(F)cc3)C2)c2ccccc21. The topological polar surface area (TPSA) is 77.9 Å². The van der Waals surface area contributed by atoms with Gasteiger partial charge in [-0.15, -0.1) is 0 Å². The van der Waals surface area contributed by atoms with Crippen molar-refractivity contribution in [3.8, 4) is 0 Å². The van der Waals surface area contributed by atoms with Crippen LogP contribution < -0.4 is 4.90 Å². The van der Waals surface area contributed by atoms with Crippen LogP contribution in [-0.4, -0.2) is 47.4 Å². The van der Waals surface area contributed by atoms with Gasteiger partial charge in [-0.25, -0.2) is 4.39 Å². The predicted molar refractivity (Wildman–Crippen MR) is 104 cm³/mol. The first-order valence-electron chi connectivity index (χ1n) is 9.63. The van der Waals surface area contributed by atoms with Crippen molar-refractivity contribution in [2.75, 3.05) is 24.5 Å². The number of carbonyl (C=O) groups is 3. The fourth-order valence-corrected chi connectivity index (χ4v) is 4.19. The highest BCUT2D eigenvalue weighted by Crippen LogP contribution is 2.37. The molecule has 0 bridgehead atoms. The number of aliphatic carboxylic acids is 1. The molecule has 0 saturated carbocycles. The monoisotopic (exact) mass is 396 g/mol. The molecule has 0 radical (unpaired) electrons. The number of hydrogen-bond acceptors (Lipinski definition) is 3. The van der Waals surface area contributed by atoms with Crippen LogP contribution in [0.4, 0.5) is 10.1 Å². The second-order valence-corrected chi connectivity index (χ2v) is 7.50. The highest BCUT2D eigenvalue weighted by atomic mass is 19.1. The van der Waals surface area contributed by atoms with Crippen molar-refractivity contribution in [3.05, 3.63) is 65.5 Å². The zero-order valence-electron chi connectivity index (χ0n) is 15.8. The minimum absolute atomic E-state index is 0.107. The number of amides is 2. The van der Waals surface area contributed by atoms with Gasteiger partial charge in [0.05, 0.1) is 5.92 Å². The molecule has 0 spiro atoms. The lowest BCUT2D eigenvalue weighted by atomic mass is 9.95. The van der Waals surface area contributed by atoms with Gasteiger partial charge < -0.3 is 14.9 Å². The Bertz CT molecular complexity index is 960. The van der Waals surface area contributed by atoms with Gasteiger partial charge in [0, 0.05) is 30.9 Å². The number of nitrogens with zero attached hydrogens (tertiary/aromatic N) is 2. The zero-order chi connectivity index (χ0) is 20.5. The van der Waals surface area contributed by atoms with Crippen LogP contribution in [0, 0.1) is 11.7 Å². The lowest BCUT2D eigenvalue weighted by Crippen LogP contribution is -2.46. The van der Waals surface area contributed by atoms with Gasteiger partial charge in [-0.05, 0) is 48.7 Å². The molecule has 2 aliphatic rings. The van der Waals surface area contributed by atoms with Gasteiger partial charge in [0.25, 0.3) is 5.91 Å². The highest BCUT2D eigenvalue weighted by molar-refractivity contribution is 6.01. The maximum Gasteiger partial charge on any atom is 0.312 e. The van der Waals surface area contributed by atoms with Crippen LogP contribution in [0.2, 0.25) is 0 Å². The molecule has 1 N–H and O–H groups in total. The first-order valence-corrected chi connectivity index (χ1v) is 9.63.